The predicted octanol–water partition coefficient (Wildman–Crippen LogP) is 3.67. The molecule has 0 saturated carbocycles. The van der Waals surface area contributed by atoms with Gasteiger partial charge in [-0.2, -0.15) is 0 Å². The summed E-state index contributed by atoms with van der Waals surface area (Å²) in [6, 6.07) is 12.7. The smallest absolute Gasteiger partial charge is 0.330 e. The Balaban J connectivity index is 2.18. The summed E-state index contributed by atoms with van der Waals surface area (Å²) in [7, 11) is 0. The van der Waals surface area contributed by atoms with Crippen LogP contribution in [0.25, 0.3) is 0 Å². The van der Waals surface area contributed by atoms with E-state index in [0.717, 1.165) is 18.1 Å². The highest BCUT2D eigenvalue weighted by Crippen LogP contribution is 2.26. The highest BCUT2D eigenvalue weighted by molar-refractivity contribution is 9.10. The van der Waals surface area contributed by atoms with Gasteiger partial charge in [0.05, 0.1) is 12.1 Å². The second-order valence-electron chi connectivity index (χ2n) is 7.00. The van der Waals surface area contributed by atoms with Crippen LogP contribution in [0, 0.1) is 5.82 Å². The number of nitrogen functional groups attached to an aromatic ring is 1. The maximum atomic E-state index is 13.6. The fraction of sp³-hybridized carbons (Fsp3) is 0.227. The molecule has 7 nitrogen and oxygen atoms in total. The first kappa shape index (κ1) is 22.5. The van der Waals surface area contributed by atoms with E-state index < -0.39 is 23.0 Å². The Kier molecular flexibility index (Phi) is 7.06. The lowest BCUT2D eigenvalue weighted by atomic mass is 10.1. The van der Waals surface area contributed by atoms with Crippen molar-refractivity contribution in [2.45, 2.75) is 32.9 Å². The summed E-state index contributed by atoms with van der Waals surface area (Å²) >= 11 is 3.21. The Morgan fingerprint density at radius 1 is 1.19 bits per heavy atom. The van der Waals surface area contributed by atoms with Crippen molar-refractivity contribution in [3.8, 4) is 0 Å². The third-order valence-corrected chi connectivity index (χ3v) is 5.47. The summed E-state index contributed by atoms with van der Waals surface area (Å²) in [5.41, 5.74) is 5.62. The molecule has 3 aromatic rings. The van der Waals surface area contributed by atoms with Gasteiger partial charge in [0.25, 0.3) is 11.5 Å². The quantitative estimate of drug-likeness (QED) is 0.529. The zero-order valence-corrected chi connectivity index (χ0v) is 18.5. The number of H-pyrrole nitrogens is 1. The predicted molar refractivity (Wildman–Crippen MR) is 122 cm³/mol. The van der Waals surface area contributed by atoms with Crippen molar-refractivity contribution in [3.05, 3.63) is 90.8 Å². The van der Waals surface area contributed by atoms with Crippen LogP contribution in [0.3, 0.4) is 0 Å². The fourth-order valence-corrected chi connectivity index (χ4v) is 3.72. The van der Waals surface area contributed by atoms with Gasteiger partial charge in [0.1, 0.15) is 11.6 Å². The SMILES string of the molecule is CCCCn1c(N)c(N(Cc2ccccc2)C(=O)c2ccc(F)cc2Br)c(=O)[nH]c1=O. The van der Waals surface area contributed by atoms with Gasteiger partial charge in [-0.1, -0.05) is 43.7 Å². The lowest BCUT2D eigenvalue weighted by Gasteiger charge is -2.25. The van der Waals surface area contributed by atoms with Gasteiger partial charge in [-0.3, -0.25) is 24.0 Å². The van der Waals surface area contributed by atoms with Gasteiger partial charge in [-0.15, -0.1) is 0 Å². The molecule has 0 bridgehead atoms. The van der Waals surface area contributed by atoms with Gasteiger partial charge < -0.3 is 5.73 Å². The van der Waals surface area contributed by atoms with E-state index in [1.807, 2.05) is 25.1 Å². The van der Waals surface area contributed by atoms with E-state index >= 15 is 0 Å². The Bertz CT molecular complexity index is 1210. The lowest BCUT2D eigenvalue weighted by Crippen LogP contribution is -2.41. The van der Waals surface area contributed by atoms with Gasteiger partial charge in [0.2, 0.25) is 0 Å². The minimum atomic E-state index is -0.766. The van der Waals surface area contributed by atoms with Crippen molar-refractivity contribution in [2.24, 2.45) is 0 Å². The van der Waals surface area contributed by atoms with Gasteiger partial charge in [-0.05, 0) is 46.1 Å². The minimum absolute atomic E-state index is 0.0305. The third-order valence-electron chi connectivity index (χ3n) is 4.81. The maximum absolute atomic E-state index is 13.6. The number of rotatable bonds is 7. The van der Waals surface area contributed by atoms with Gasteiger partial charge in [0.15, 0.2) is 5.69 Å². The average Bonchev–Trinajstić information content (AvgIpc) is 2.73. The third kappa shape index (κ3) is 4.93. The summed E-state index contributed by atoms with van der Waals surface area (Å²) < 4.78 is 15.1. The molecular formula is C22H22BrFN4O3. The van der Waals surface area contributed by atoms with Crippen molar-refractivity contribution in [1.82, 2.24) is 9.55 Å². The first-order chi connectivity index (χ1) is 14.8. The van der Waals surface area contributed by atoms with E-state index in [1.165, 1.54) is 21.6 Å². The van der Waals surface area contributed by atoms with Crippen LogP contribution in [0.5, 0.6) is 0 Å². The Morgan fingerprint density at radius 2 is 1.90 bits per heavy atom. The first-order valence-corrected chi connectivity index (χ1v) is 10.6. The number of hydrogen-bond donors (Lipinski definition) is 2. The number of nitrogens with one attached hydrogen (secondary N) is 1. The van der Waals surface area contributed by atoms with Gasteiger partial charge in [-0.25, -0.2) is 9.18 Å². The molecule has 0 unspecified atom stereocenters. The molecule has 0 aliphatic carbocycles. The first-order valence-electron chi connectivity index (χ1n) is 9.77. The molecule has 0 fully saturated rings. The van der Waals surface area contributed by atoms with E-state index in [1.54, 1.807) is 12.1 Å². The van der Waals surface area contributed by atoms with Crippen molar-refractivity contribution in [2.75, 3.05) is 10.6 Å². The minimum Gasteiger partial charge on any atom is -0.383 e. The molecule has 0 atom stereocenters. The molecule has 1 heterocycles. The van der Waals surface area contributed by atoms with Crippen LogP contribution < -0.4 is 21.9 Å². The number of aromatic nitrogens is 2. The van der Waals surface area contributed by atoms with Crippen LogP contribution in [-0.2, 0) is 13.1 Å². The summed E-state index contributed by atoms with van der Waals surface area (Å²) in [6.45, 7) is 2.30. The Hall–Kier alpha value is -3.20. The fourth-order valence-electron chi connectivity index (χ4n) is 3.20. The van der Waals surface area contributed by atoms with Crippen LogP contribution in [0.15, 0.2) is 62.6 Å². The number of anilines is 2. The molecule has 2 aromatic carbocycles. The molecule has 31 heavy (non-hydrogen) atoms. The number of aromatic amines is 1. The molecule has 162 valence electrons. The number of amides is 1. The molecular weight excluding hydrogens is 467 g/mol. The molecule has 3 rings (SSSR count). The molecule has 1 amide bonds. The maximum Gasteiger partial charge on any atom is 0.330 e. The van der Waals surface area contributed by atoms with Crippen LogP contribution in [0.4, 0.5) is 15.9 Å². The molecule has 3 N–H and O–H groups in total. The zero-order valence-electron chi connectivity index (χ0n) is 16.9. The van der Waals surface area contributed by atoms with E-state index in [9.17, 15) is 18.8 Å². The highest BCUT2D eigenvalue weighted by atomic mass is 79.9. The van der Waals surface area contributed by atoms with E-state index in [4.69, 9.17) is 5.73 Å². The molecule has 1 aromatic heterocycles. The number of carbonyl (C=O) groups excluding carboxylic acids is 1. The Labute approximate surface area is 186 Å². The number of unbranched alkanes of at least 4 members (excludes halogenated alkanes) is 1. The monoisotopic (exact) mass is 488 g/mol. The van der Waals surface area contributed by atoms with E-state index in [0.29, 0.717) is 13.0 Å². The Morgan fingerprint density at radius 3 is 2.55 bits per heavy atom. The van der Waals surface area contributed by atoms with Crippen LogP contribution >= 0.6 is 15.9 Å². The van der Waals surface area contributed by atoms with E-state index in [2.05, 4.69) is 20.9 Å². The average molecular weight is 489 g/mol. The number of benzene rings is 2. The summed E-state index contributed by atoms with van der Waals surface area (Å²) in [5, 5.41) is 0. The van der Waals surface area contributed by atoms with Crippen LogP contribution in [0.1, 0.15) is 35.7 Å². The normalized spacial score (nSPS) is 10.8. The van der Waals surface area contributed by atoms with Crippen LogP contribution in [0.2, 0.25) is 0 Å². The number of carbonyl (C=O) groups is 1. The van der Waals surface area contributed by atoms with E-state index in [-0.39, 0.29) is 28.1 Å². The molecule has 0 aliphatic heterocycles. The van der Waals surface area contributed by atoms with Gasteiger partial charge >= 0.3 is 5.69 Å². The van der Waals surface area contributed by atoms with Crippen molar-refractivity contribution < 1.29 is 9.18 Å². The largest absolute Gasteiger partial charge is 0.383 e. The zero-order chi connectivity index (χ0) is 22.5. The van der Waals surface area contributed by atoms with Gasteiger partial charge in [0, 0.05) is 11.0 Å². The number of nitrogens with two attached hydrogens (primary N) is 1. The summed E-state index contributed by atoms with van der Waals surface area (Å²) in [6.07, 6.45) is 1.49. The second-order valence-corrected chi connectivity index (χ2v) is 7.85. The molecule has 0 saturated heterocycles. The molecule has 9 heteroatoms. The lowest BCUT2D eigenvalue weighted by molar-refractivity contribution is 0.0984. The summed E-state index contributed by atoms with van der Waals surface area (Å²) in [4.78, 5) is 42.0. The molecule has 0 aliphatic rings. The summed E-state index contributed by atoms with van der Waals surface area (Å²) in [5.74, 6) is -1.16. The van der Waals surface area contributed by atoms with Crippen molar-refractivity contribution >= 4 is 33.3 Å². The standard InChI is InChI=1S/C22H22BrFN4O3/c1-2-3-11-27-19(25)18(20(29)26-22(27)31)28(13-14-7-5-4-6-8-14)21(30)16-10-9-15(24)12-17(16)23/h4-10,12H,2-3,11,13,25H2,1H3,(H,26,29,31). The number of hydrogen-bond acceptors (Lipinski definition) is 4. The topological polar surface area (TPSA) is 101 Å². The molecule has 0 radical (unpaired) electrons. The molecule has 0 spiro atoms. The van der Waals surface area contributed by atoms with Crippen LogP contribution in [-0.4, -0.2) is 15.5 Å². The van der Waals surface area contributed by atoms with Crippen molar-refractivity contribution in [1.29, 1.82) is 0 Å². The van der Waals surface area contributed by atoms with Crippen molar-refractivity contribution in [3.63, 3.8) is 0 Å². The number of halogens is 2. The highest BCUT2D eigenvalue weighted by Gasteiger charge is 2.27. The number of nitrogens with zero attached hydrogens (tertiary/aromatic N) is 2. The second kappa shape index (κ2) is 9.74.